The van der Waals surface area contributed by atoms with Gasteiger partial charge in [-0.1, -0.05) is 139 Å². The van der Waals surface area contributed by atoms with Gasteiger partial charge in [-0.25, -0.2) is 0 Å². The molecule has 0 heteroatoms. The second-order valence-corrected chi connectivity index (χ2v) is 12.4. The third-order valence-electron chi connectivity index (χ3n) is 10.3. The van der Waals surface area contributed by atoms with Crippen molar-refractivity contribution < 1.29 is 0 Å². The van der Waals surface area contributed by atoms with Gasteiger partial charge in [-0.05, 0) is 101 Å². The Morgan fingerprint density at radius 1 is 0.465 bits per heavy atom. The summed E-state index contributed by atoms with van der Waals surface area (Å²) in [5.74, 6) is 0.745. The van der Waals surface area contributed by atoms with Gasteiger partial charge in [0.1, 0.15) is 0 Å². The molecule has 0 fully saturated rings. The first-order chi connectivity index (χ1) is 21.3. The molecule has 0 heterocycles. The van der Waals surface area contributed by atoms with Gasteiger partial charge in [0.15, 0.2) is 0 Å². The average molecular weight is 545 g/mol. The molecular weight excluding hydrogens is 516 g/mol. The molecule has 2 unspecified atom stereocenters. The quantitative estimate of drug-likeness (QED) is 0.190. The summed E-state index contributed by atoms with van der Waals surface area (Å²) in [7, 11) is 0. The summed E-state index contributed by atoms with van der Waals surface area (Å²) in [6, 6.07) is 40.7. The Morgan fingerprint density at radius 3 is 1.86 bits per heavy atom. The highest BCUT2D eigenvalue weighted by Gasteiger charge is 2.43. The van der Waals surface area contributed by atoms with Crippen LogP contribution in [-0.2, 0) is 0 Å². The topological polar surface area (TPSA) is 0 Å². The van der Waals surface area contributed by atoms with Crippen LogP contribution in [0.2, 0.25) is 0 Å². The maximum absolute atomic E-state index is 2.53. The lowest BCUT2D eigenvalue weighted by molar-refractivity contribution is 0.665. The molecule has 0 N–H and O–H groups in total. The molecule has 0 saturated carbocycles. The van der Waals surface area contributed by atoms with Crippen LogP contribution in [0.25, 0.3) is 77.2 Å². The van der Waals surface area contributed by atoms with Crippen LogP contribution in [0, 0.1) is 11.8 Å². The van der Waals surface area contributed by atoms with Crippen LogP contribution in [0.5, 0.6) is 0 Å². The van der Waals surface area contributed by atoms with Crippen molar-refractivity contribution in [2.75, 3.05) is 0 Å². The van der Waals surface area contributed by atoms with Gasteiger partial charge in [-0.2, -0.15) is 0 Å². The van der Waals surface area contributed by atoms with Gasteiger partial charge in [-0.15, -0.1) is 0 Å². The highest BCUT2D eigenvalue weighted by atomic mass is 14.5. The van der Waals surface area contributed by atoms with Crippen molar-refractivity contribution in [1.29, 1.82) is 0 Å². The van der Waals surface area contributed by atoms with E-state index in [1.165, 1.54) is 93.9 Å². The van der Waals surface area contributed by atoms with E-state index in [-0.39, 0.29) is 0 Å². The lowest BCUT2D eigenvalue weighted by Gasteiger charge is -2.30. The minimum atomic E-state index is 0.349. The summed E-state index contributed by atoms with van der Waals surface area (Å²) in [5.41, 5.74) is 17.9. The van der Waals surface area contributed by atoms with E-state index in [0.717, 1.165) is 0 Å². The van der Waals surface area contributed by atoms with E-state index in [9.17, 15) is 0 Å². The first-order valence-corrected chi connectivity index (χ1v) is 15.4. The average Bonchev–Trinajstić information content (AvgIpc) is 3.57. The van der Waals surface area contributed by atoms with Crippen LogP contribution in [0.1, 0.15) is 18.1 Å². The van der Waals surface area contributed by atoms with Gasteiger partial charge in [0.05, 0.1) is 0 Å². The van der Waals surface area contributed by atoms with E-state index < -0.39 is 0 Å². The third-order valence-corrected chi connectivity index (χ3v) is 10.3. The molecule has 4 aliphatic rings. The van der Waals surface area contributed by atoms with Crippen LogP contribution in [0.3, 0.4) is 0 Å². The molecule has 0 amide bonds. The van der Waals surface area contributed by atoms with Crippen molar-refractivity contribution in [1.82, 2.24) is 0 Å². The fourth-order valence-electron chi connectivity index (χ4n) is 8.60. The summed E-state index contributed by atoms with van der Waals surface area (Å²) in [4.78, 5) is 0. The Hall–Kier alpha value is -5.20. The van der Waals surface area contributed by atoms with Gasteiger partial charge in [-0.3, -0.25) is 0 Å². The van der Waals surface area contributed by atoms with Crippen molar-refractivity contribution in [3.63, 3.8) is 0 Å². The lowest BCUT2D eigenvalue weighted by Crippen LogP contribution is -2.17. The van der Waals surface area contributed by atoms with Crippen molar-refractivity contribution in [2.45, 2.75) is 6.92 Å². The first-order valence-electron chi connectivity index (χ1n) is 15.4. The monoisotopic (exact) mass is 544 g/mol. The van der Waals surface area contributed by atoms with Crippen molar-refractivity contribution >= 4 is 32.7 Å². The number of hydrogen-bond acceptors (Lipinski definition) is 0. The zero-order valence-electron chi connectivity index (χ0n) is 23.9. The van der Waals surface area contributed by atoms with Crippen LogP contribution in [0.15, 0.2) is 145 Å². The Bertz CT molecular complexity index is 2320. The zero-order chi connectivity index (χ0) is 28.2. The van der Waals surface area contributed by atoms with E-state index in [4.69, 9.17) is 0 Å². The second-order valence-electron chi connectivity index (χ2n) is 12.4. The highest BCUT2D eigenvalue weighted by Crippen LogP contribution is 2.62. The summed E-state index contributed by atoms with van der Waals surface area (Å²) in [5, 5.41) is 5.45. The molecule has 0 nitrogen and oxygen atoms in total. The maximum atomic E-state index is 2.53. The molecule has 6 aromatic rings. The Balaban J connectivity index is 1.50. The number of hydrogen-bond donors (Lipinski definition) is 0. The molecule has 0 aromatic heterocycles. The largest absolute Gasteiger partial charge is 0.0764 e. The normalized spacial score (nSPS) is 18.7. The van der Waals surface area contributed by atoms with Crippen LogP contribution >= 0.6 is 0 Å². The number of benzene rings is 6. The van der Waals surface area contributed by atoms with E-state index in [1.807, 2.05) is 0 Å². The number of fused-ring (bicyclic) bond motifs is 8. The smallest absolute Gasteiger partial charge is 0.0202 e. The predicted octanol–water partition coefficient (Wildman–Crippen LogP) is 11.5. The SMILES string of the molecule is CC1=CC=C2c3c(c(-c4ccccc4)c4cc5c6c(cccc6c4c3-c3ccccc3)-c3ccccc3-5)C3=CC=CC1C32. The van der Waals surface area contributed by atoms with Crippen molar-refractivity contribution in [3.05, 3.63) is 156 Å². The maximum Gasteiger partial charge on any atom is 0.0202 e. The van der Waals surface area contributed by atoms with Crippen molar-refractivity contribution in [2.24, 2.45) is 11.8 Å². The minimum Gasteiger partial charge on any atom is -0.0764 e. The molecule has 2 atom stereocenters. The molecule has 0 aliphatic heterocycles. The fraction of sp³-hybridized carbons (Fsp3) is 0.0698. The predicted molar refractivity (Wildman–Crippen MR) is 183 cm³/mol. The van der Waals surface area contributed by atoms with E-state index in [0.29, 0.717) is 11.8 Å². The molecule has 0 bridgehead atoms. The van der Waals surface area contributed by atoms with E-state index >= 15 is 0 Å². The van der Waals surface area contributed by atoms with Crippen LogP contribution in [-0.4, -0.2) is 0 Å². The Morgan fingerprint density at radius 2 is 1.09 bits per heavy atom. The van der Waals surface area contributed by atoms with Gasteiger partial charge in [0.25, 0.3) is 0 Å². The number of allylic oxidation sites excluding steroid dienone is 8. The molecule has 6 aromatic carbocycles. The molecular formula is C43H28. The minimum absolute atomic E-state index is 0.349. The molecule has 0 spiro atoms. The lowest BCUT2D eigenvalue weighted by atomic mass is 9.74. The van der Waals surface area contributed by atoms with Gasteiger partial charge >= 0.3 is 0 Å². The first kappa shape index (κ1) is 23.4. The van der Waals surface area contributed by atoms with E-state index in [2.05, 4.69) is 146 Å². The van der Waals surface area contributed by atoms with Crippen molar-refractivity contribution in [3.8, 4) is 44.5 Å². The third kappa shape index (κ3) is 2.96. The van der Waals surface area contributed by atoms with Crippen LogP contribution < -0.4 is 0 Å². The molecule has 0 radical (unpaired) electrons. The summed E-state index contributed by atoms with van der Waals surface area (Å²) >= 11 is 0. The molecule has 200 valence electrons. The molecule has 43 heavy (non-hydrogen) atoms. The molecule has 10 rings (SSSR count). The summed E-state index contributed by atoms with van der Waals surface area (Å²) < 4.78 is 0. The summed E-state index contributed by atoms with van der Waals surface area (Å²) in [6.07, 6.45) is 11.9. The van der Waals surface area contributed by atoms with Gasteiger partial charge < -0.3 is 0 Å². The van der Waals surface area contributed by atoms with Gasteiger partial charge in [0.2, 0.25) is 0 Å². The van der Waals surface area contributed by atoms with Gasteiger partial charge in [0, 0.05) is 11.8 Å². The molecule has 0 saturated heterocycles. The second kappa shape index (κ2) is 8.43. The number of rotatable bonds is 2. The fourth-order valence-corrected chi connectivity index (χ4v) is 8.60. The Labute approximate surface area is 251 Å². The summed E-state index contributed by atoms with van der Waals surface area (Å²) in [6.45, 7) is 2.30. The van der Waals surface area contributed by atoms with E-state index in [1.54, 1.807) is 0 Å². The standard InChI is InChI=1S/C43H28/c1-25-22-23-34-39-28(25)18-10-21-33(39)42-37(26-12-4-2-5-13-26)36-24-35-30-17-9-8-16-29(30)31-19-11-20-32(40(31)35)41(36)38(43(34)42)27-14-6-3-7-15-27/h2-24,28,39H,1H3. The highest BCUT2D eigenvalue weighted by molar-refractivity contribution is 6.31. The Kier molecular flexibility index (Phi) is 4.58. The zero-order valence-corrected chi connectivity index (χ0v) is 23.9. The molecule has 4 aliphatic carbocycles. The van der Waals surface area contributed by atoms with Crippen LogP contribution in [0.4, 0.5) is 0 Å².